The molecular formula is C14H11BrClN3O. The average molecular weight is 353 g/mol. The maximum Gasteiger partial charge on any atom is 0.139 e. The molecule has 3 rings (SSSR count). The number of aromatic nitrogens is 2. The summed E-state index contributed by atoms with van der Waals surface area (Å²) < 4.78 is 8.32. The van der Waals surface area contributed by atoms with Crippen LogP contribution in [0.3, 0.4) is 0 Å². The second kappa shape index (κ2) is 5.12. The molecule has 1 heterocycles. The van der Waals surface area contributed by atoms with Gasteiger partial charge in [-0.05, 0) is 34.8 Å². The third kappa shape index (κ3) is 2.41. The van der Waals surface area contributed by atoms with Crippen LogP contribution in [0.25, 0.3) is 11.3 Å². The molecule has 0 N–H and O–H groups in total. The Bertz CT molecular complexity index is 696. The molecule has 1 aliphatic rings. The van der Waals surface area contributed by atoms with Crippen LogP contribution in [0.2, 0.25) is 5.02 Å². The summed E-state index contributed by atoms with van der Waals surface area (Å²) in [4.78, 5) is 0. The number of aryl methyl sites for hydroxylation is 1. The standard InChI is InChI=1S/C14H11BrClN3O/c1-19-14(12(15)7-18-19)10-4-8(16)5-13(11(10)6-17)20-9-2-3-9/h4-5,7,9H,2-3H2,1H3. The lowest BCUT2D eigenvalue weighted by atomic mass is 10.0. The van der Waals surface area contributed by atoms with Crippen molar-refractivity contribution in [2.45, 2.75) is 18.9 Å². The third-order valence-corrected chi connectivity index (χ3v) is 3.94. The largest absolute Gasteiger partial charge is 0.489 e. The van der Waals surface area contributed by atoms with Crippen molar-refractivity contribution in [2.24, 2.45) is 7.05 Å². The summed E-state index contributed by atoms with van der Waals surface area (Å²) in [6.07, 6.45) is 3.96. The Balaban J connectivity index is 2.19. The molecule has 20 heavy (non-hydrogen) atoms. The van der Waals surface area contributed by atoms with E-state index in [0.717, 1.165) is 28.6 Å². The molecule has 1 saturated carbocycles. The Morgan fingerprint density at radius 2 is 2.25 bits per heavy atom. The normalized spacial score (nSPS) is 14.1. The van der Waals surface area contributed by atoms with E-state index in [-0.39, 0.29) is 6.10 Å². The van der Waals surface area contributed by atoms with Gasteiger partial charge in [0.25, 0.3) is 0 Å². The lowest BCUT2D eigenvalue weighted by Gasteiger charge is -2.12. The van der Waals surface area contributed by atoms with E-state index in [4.69, 9.17) is 16.3 Å². The number of hydrogen-bond acceptors (Lipinski definition) is 3. The lowest BCUT2D eigenvalue weighted by Crippen LogP contribution is -2.02. The number of benzene rings is 1. The Hall–Kier alpha value is -1.51. The predicted molar refractivity (Wildman–Crippen MR) is 79.7 cm³/mol. The lowest BCUT2D eigenvalue weighted by molar-refractivity contribution is 0.302. The van der Waals surface area contributed by atoms with Crippen molar-refractivity contribution < 1.29 is 4.74 Å². The smallest absolute Gasteiger partial charge is 0.139 e. The highest BCUT2D eigenvalue weighted by atomic mass is 79.9. The van der Waals surface area contributed by atoms with Crippen LogP contribution in [0.5, 0.6) is 5.75 Å². The van der Waals surface area contributed by atoms with Gasteiger partial charge in [0.1, 0.15) is 17.4 Å². The monoisotopic (exact) mass is 351 g/mol. The Labute approximate surface area is 130 Å². The highest BCUT2D eigenvalue weighted by Gasteiger charge is 2.26. The predicted octanol–water partition coefficient (Wildman–Crippen LogP) is 3.92. The van der Waals surface area contributed by atoms with Gasteiger partial charge in [-0.3, -0.25) is 4.68 Å². The van der Waals surface area contributed by atoms with Gasteiger partial charge in [-0.1, -0.05) is 11.6 Å². The maximum absolute atomic E-state index is 9.49. The molecule has 1 aromatic carbocycles. The summed E-state index contributed by atoms with van der Waals surface area (Å²) in [6, 6.07) is 5.69. The zero-order chi connectivity index (χ0) is 14.3. The minimum Gasteiger partial charge on any atom is -0.489 e. The van der Waals surface area contributed by atoms with E-state index in [2.05, 4.69) is 27.1 Å². The average Bonchev–Trinajstić information content (AvgIpc) is 3.14. The summed E-state index contributed by atoms with van der Waals surface area (Å²) in [6.45, 7) is 0. The van der Waals surface area contributed by atoms with E-state index in [9.17, 15) is 5.26 Å². The Morgan fingerprint density at radius 3 is 2.80 bits per heavy atom. The first-order valence-electron chi connectivity index (χ1n) is 6.18. The summed E-state index contributed by atoms with van der Waals surface area (Å²) >= 11 is 9.62. The van der Waals surface area contributed by atoms with Crippen molar-refractivity contribution >= 4 is 27.5 Å². The van der Waals surface area contributed by atoms with Gasteiger partial charge in [0, 0.05) is 23.7 Å². The van der Waals surface area contributed by atoms with Crippen LogP contribution in [-0.2, 0) is 7.05 Å². The molecule has 4 nitrogen and oxygen atoms in total. The molecule has 102 valence electrons. The molecule has 2 aromatic rings. The number of halogens is 2. The summed E-state index contributed by atoms with van der Waals surface area (Å²) in [5, 5.41) is 14.2. The van der Waals surface area contributed by atoms with Crippen LogP contribution in [0, 0.1) is 11.3 Å². The summed E-state index contributed by atoms with van der Waals surface area (Å²) in [7, 11) is 1.82. The molecule has 1 fully saturated rings. The number of hydrogen-bond donors (Lipinski definition) is 0. The van der Waals surface area contributed by atoms with Crippen LogP contribution in [-0.4, -0.2) is 15.9 Å². The van der Waals surface area contributed by atoms with Gasteiger partial charge in [0.05, 0.1) is 22.5 Å². The molecule has 0 aliphatic heterocycles. The molecule has 0 unspecified atom stereocenters. The number of rotatable bonds is 3. The molecule has 1 aromatic heterocycles. The van der Waals surface area contributed by atoms with E-state index >= 15 is 0 Å². The molecule has 0 saturated heterocycles. The molecule has 6 heteroatoms. The van der Waals surface area contributed by atoms with Gasteiger partial charge in [-0.2, -0.15) is 10.4 Å². The fraction of sp³-hybridized carbons (Fsp3) is 0.286. The van der Waals surface area contributed by atoms with Gasteiger partial charge in [0.2, 0.25) is 0 Å². The van der Waals surface area contributed by atoms with Crippen molar-refractivity contribution in [1.82, 2.24) is 9.78 Å². The second-order valence-corrected chi connectivity index (χ2v) is 6.01. The van der Waals surface area contributed by atoms with Gasteiger partial charge in [0.15, 0.2) is 0 Å². The fourth-order valence-corrected chi connectivity index (χ4v) is 2.83. The topological polar surface area (TPSA) is 50.8 Å². The molecule has 0 radical (unpaired) electrons. The van der Waals surface area contributed by atoms with Crippen LogP contribution in [0.15, 0.2) is 22.8 Å². The molecule has 0 amide bonds. The zero-order valence-electron chi connectivity index (χ0n) is 10.7. The van der Waals surface area contributed by atoms with Crippen molar-refractivity contribution in [2.75, 3.05) is 0 Å². The van der Waals surface area contributed by atoms with Crippen molar-refractivity contribution in [1.29, 1.82) is 5.26 Å². The summed E-state index contributed by atoms with van der Waals surface area (Å²) in [5.41, 5.74) is 2.03. The number of nitrogens with zero attached hydrogens (tertiary/aromatic N) is 3. The number of ether oxygens (including phenoxy) is 1. The molecule has 1 aliphatic carbocycles. The van der Waals surface area contributed by atoms with E-state index in [1.807, 2.05) is 7.05 Å². The molecule has 0 spiro atoms. The highest BCUT2D eigenvalue weighted by Crippen LogP contribution is 2.39. The van der Waals surface area contributed by atoms with Gasteiger partial charge < -0.3 is 4.74 Å². The van der Waals surface area contributed by atoms with Gasteiger partial charge in [-0.25, -0.2) is 0 Å². The van der Waals surface area contributed by atoms with Crippen LogP contribution >= 0.6 is 27.5 Å². The highest BCUT2D eigenvalue weighted by molar-refractivity contribution is 9.10. The second-order valence-electron chi connectivity index (χ2n) is 4.72. The molecule has 0 atom stereocenters. The number of nitriles is 1. The Morgan fingerprint density at radius 1 is 1.50 bits per heavy atom. The maximum atomic E-state index is 9.49. The first-order valence-corrected chi connectivity index (χ1v) is 7.35. The van der Waals surface area contributed by atoms with Crippen molar-refractivity contribution in [3.63, 3.8) is 0 Å². The summed E-state index contributed by atoms with van der Waals surface area (Å²) in [5.74, 6) is 0.547. The Kier molecular flexibility index (Phi) is 3.45. The van der Waals surface area contributed by atoms with Crippen LogP contribution < -0.4 is 4.74 Å². The first kappa shape index (κ1) is 13.5. The van der Waals surface area contributed by atoms with Crippen LogP contribution in [0.4, 0.5) is 0 Å². The van der Waals surface area contributed by atoms with Gasteiger partial charge >= 0.3 is 0 Å². The van der Waals surface area contributed by atoms with E-state index in [1.54, 1.807) is 23.0 Å². The molecule has 0 bridgehead atoms. The quantitative estimate of drug-likeness (QED) is 0.841. The van der Waals surface area contributed by atoms with Crippen molar-refractivity contribution in [3.05, 3.63) is 33.4 Å². The SMILES string of the molecule is Cn1ncc(Br)c1-c1cc(Cl)cc(OC2CC2)c1C#N. The van der Waals surface area contributed by atoms with E-state index in [1.165, 1.54) is 0 Å². The van der Waals surface area contributed by atoms with E-state index < -0.39 is 0 Å². The third-order valence-electron chi connectivity index (χ3n) is 3.15. The minimum atomic E-state index is 0.211. The zero-order valence-corrected chi connectivity index (χ0v) is 13.1. The van der Waals surface area contributed by atoms with Gasteiger partial charge in [-0.15, -0.1) is 0 Å². The van der Waals surface area contributed by atoms with Crippen LogP contribution in [0.1, 0.15) is 18.4 Å². The fourth-order valence-electron chi connectivity index (χ4n) is 2.06. The first-order chi connectivity index (χ1) is 9.60. The van der Waals surface area contributed by atoms with E-state index in [0.29, 0.717) is 16.3 Å². The molecular weight excluding hydrogens is 342 g/mol. The van der Waals surface area contributed by atoms with Crippen molar-refractivity contribution in [3.8, 4) is 23.1 Å². The minimum absolute atomic E-state index is 0.211.